The number of sulfonamides is 1. The van der Waals surface area contributed by atoms with Gasteiger partial charge in [-0.3, -0.25) is 0 Å². The zero-order valence-corrected chi connectivity index (χ0v) is 11.7. The second-order valence-corrected chi connectivity index (χ2v) is 8.17. The zero-order chi connectivity index (χ0) is 12.8. The standard InChI is InChI=1S/C9H21NO4S2/c1-4-9(5-2)8-10-16(13,14)7-6-15(3,11)12/h9-10H,4-8H2,1-3H3. The molecule has 0 rings (SSSR count). The molecule has 0 heterocycles. The maximum Gasteiger partial charge on any atom is 0.212 e. The van der Waals surface area contributed by atoms with Crippen molar-refractivity contribution >= 4 is 19.9 Å². The van der Waals surface area contributed by atoms with Crippen LogP contribution in [0.15, 0.2) is 0 Å². The van der Waals surface area contributed by atoms with E-state index in [0.717, 1.165) is 19.1 Å². The molecule has 0 aromatic carbocycles. The van der Waals surface area contributed by atoms with Crippen molar-refractivity contribution in [3.63, 3.8) is 0 Å². The lowest BCUT2D eigenvalue weighted by Gasteiger charge is -2.13. The molecule has 5 nitrogen and oxygen atoms in total. The molecule has 0 spiro atoms. The Bertz CT molecular complexity index is 382. The Balaban J connectivity index is 4.16. The Morgan fingerprint density at radius 2 is 1.50 bits per heavy atom. The molecule has 7 heteroatoms. The molecule has 0 radical (unpaired) electrons. The van der Waals surface area contributed by atoms with Crippen molar-refractivity contribution in [1.82, 2.24) is 4.72 Å². The van der Waals surface area contributed by atoms with Crippen molar-refractivity contribution in [3.05, 3.63) is 0 Å². The van der Waals surface area contributed by atoms with Crippen molar-refractivity contribution in [1.29, 1.82) is 0 Å². The molecular formula is C9H21NO4S2. The number of sulfone groups is 1. The van der Waals surface area contributed by atoms with Crippen LogP contribution in [0.4, 0.5) is 0 Å². The van der Waals surface area contributed by atoms with Gasteiger partial charge in [0, 0.05) is 12.8 Å². The van der Waals surface area contributed by atoms with Crippen LogP contribution in [-0.2, 0) is 19.9 Å². The predicted molar refractivity (Wildman–Crippen MR) is 65.6 cm³/mol. The Labute approximate surface area is 98.6 Å². The van der Waals surface area contributed by atoms with Gasteiger partial charge in [-0.1, -0.05) is 26.7 Å². The summed E-state index contributed by atoms with van der Waals surface area (Å²) in [7, 11) is -6.69. The molecule has 0 atom stereocenters. The average Bonchev–Trinajstić information content (AvgIpc) is 2.16. The van der Waals surface area contributed by atoms with Crippen molar-refractivity contribution in [3.8, 4) is 0 Å². The molecule has 0 amide bonds. The lowest BCUT2D eigenvalue weighted by molar-refractivity contribution is 0.479. The maximum atomic E-state index is 11.4. The SMILES string of the molecule is CCC(CC)CNS(=O)(=O)CCS(C)(=O)=O. The fourth-order valence-electron chi connectivity index (χ4n) is 1.16. The lowest BCUT2D eigenvalue weighted by Crippen LogP contribution is -2.33. The first-order chi connectivity index (χ1) is 7.20. The van der Waals surface area contributed by atoms with E-state index in [2.05, 4.69) is 4.72 Å². The van der Waals surface area contributed by atoms with Crippen LogP contribution in [0.3, 0.4) is 0 Å². The highest BCUT2D eigenvalue weighted by Crippen LogP contribution is 2.05. The third-order valence-electron chi connectivity index (χ3n) is 2.47. The van der Waals surface area contributed by atoms with Crippen molar-refractivity contribution in [2.24, 2.45) is 5.92 Å². The topological polar surface area (TPSA) is 80.3 Å². The molecule has 0 unspecified atom stereocenters. The summed E-state index contributed by atoms with van der Waals surface area (Å²) in [4.78, 5) is 0. The minimum Gasteiger partial charge on any atom is -0.229 e. The molecule has 0 aliphatic rings. The van der Waals surface area contributed by atoms with Gasteiger partial charge in [0.25, 0.3) is 0 Å². The molecular weight excluding hydrogens is 250 g/mol. The maximum absolute atomic E-state index is 11.4. The average molecular weight is 271 g/mol. The normalized spacial score (nSPS) is 13.2. The summed E-state index contributed by atoms with van der Waals surface area (Å²) < 4.78 is 47.0. The minimum absolute atomic E-state index is 0.313. The number of hydrogen-bond donors (Lipinski definition) is 1. The van der Waals surface area contributed by atoms with Crippen molar-refractivity contribution < 1.29 is 16.8 Å². The fourth-order valence-corrected chi connectivity index (χ4v) is 3.88. The van der Waals surface area contributed by atoms with Gasteiger partial charge < -0.3 is 0 Å². The molecule has 0 aromatic rings. The summed E-state index contributed by atoms with van der Waals surface area (Å²) in [6.07, 6.45) is 2.85. The van der Waals surface area contributed by atoms with E-state index in [9.17, 15) is 16.8 Å². The summed E-state index contributed by atoms with van der Waals surface area (Å²) in [6.45, 7) is 4.39. The first-order valence-corrected chi connectivity index (χ1v) is 9.06. The summed E-state index contributed by atoms with van der Waals surface area (Å²) in [5.41, 5.74) is 0. The number of rotatable bonds is 8. The van der Waals surface area contributed by atoms with Gasteiger partial charge in [-0.25, -0.2) is 21.6 Å². The molecule has 0 saturated carbocycles. The molecule has 0 bridgehead atoms. The predicted octanol–water partition coefficient (Wildman–Crippen LogP) is 0.387. The smallest absolute Gasteiger partial charge is 0.212 e. The highest BCUT2D eigenvalue weighted by Gasteiger charge is 2.15. The van der Waals surface area contributed by atoms with Crippen LogP contribution >= 0.6 is 0 Å². The van der Waals surface area contributed by atoms with Gasteiger partial charge in [-0.05, 0) is 5.92 Å². The summed E-state index contributed by atoms with van der Waals surface area (Å²) in [5.74, 6) is -0.370. The summed E-state index contributed by atoms with van der Waals surface area (Å²) in [6, 6.07) is 0. The largest absolute Gasteiger partial charge is 0.229 e. The van der Waals surface area contributed by atoms with E-state index in [-0.39, 0.29) is 11.5 Å². The van der Waals surface area contributed by atoms with E-state index in [1.54, 1.807) is 0 Å². The molecule has 98 valence electrons. The molecule has 0 saturated heterocycles. The molecule has 0 aliphatic heterocycles. The second kappa shape index (κ2) is 6.56. The van der Waals surface area contributed by atoms with E-state index in [1.165, 1.54) is 0 Å². The van der Waals surface area contributed by atoms with E-state index < -0.39 is 19.9 Å². The van der Waals surface area contributed by atoms with Crippen LogP contribution in [0, 0.1) is 5.92 Å². The molecule has 16 heavy (non-hydrogen) atoms. The monoisotopic (exact) mass is 271 g/mol. The molecule has 0 fully saturated rings. The Morgan fingerprint density at radius 1 is 1.00 bits per heavy atom. The van der Waals surface area contributed by atoms with Crippen LogP contribution in [0.25, 0.3) is 0 Å². The van der Waals surface area contributed by atoms with Gasteiger partial charge in [0.1, 0.15) is 9.84 Å². The van der Waals surface area contributed by atoms with Crippen molar-refractivity contribution in [2.45, 2.75) is 26.7 Å². The van der Waals surface area contributed by atoms with Gasteiger partial charge >= 0.3 is 0 Å². The highest BCUT2D eigenvalue weighted by molar-refractivity contribution is 7.93. The molecule has 0 aromatic heterocycles. The van der Waals surface area contributed by atoms with Crippen LogP contribution < -0.4 is 4.72 Å². The van der Waals surface area contributed by atoms with Gasteiger partial charge in [-0.15, -0.1) is 0 Å². The van der Waals surface area contributed by atoms with Crippen LogP contribution in [-0.4, -0.2) is 41.1 Å². The Morgan fingerprint density at radius 3 is 1.88 bits per heavy atom. The van der Waals surface area contributed by atoms with E-state index in [1.807, 2.05) is 13.8 Å². The van der Waals surface area contributed by atoms with Crippen LogP contribution in [0.5, 0.6) is 0 Å². The van der Waals surface area contributed by atoms with Gasteiger partial charge in [0.05, 0.1) is 11.5 Å². The second-order valence-electron chi connectivity index (χ2n) is 3.98. The van der Waals surface area contributed by atoms with E-state index >= 15 is 0 Å². The minimum atomic E-state index is -3.46. The molecule has 0 aliphatic carbocycles. The third-order valence-corrected chi connectivity index (χ3v) is 5.02. The number of hydrogen-bond acceptors (Lipinski definition) is 4. The number of nitrogens with one attached hydrogen (secondary N) is 1. The van der Waals surface area contributed by atoms with Crippen LogP contribution in [0.1, 0.15) is 26.7 Å². The van der Waals surface area contributed by atoms with Gasteiger partial charge in [-0.2, -0.15) is 0 Å². The summed E-state index contributed by atoms with van der Waals surface area (Å²) >= 11 is 0. The lowest BCUT2D eigenvalue weighted by atomic mass is 10.0. The Kier molecular flexibility index (Phi) is 6.50. The van der Waals surface area contributed by atoms with Crippen LogP contribution in [0.2, 0.25) is 0 Å². The third kappa shape index (κ3) is 8.06. The zero-order valence-electron chi connectivity index (χ0n) is 10.1. The van der Waals surface area contributed by atoms with Gasteiger partial charge in [0.15, 0.2) is 0 Å². The first kappa shape index (κ1) is 15.9. The molecule has 1 N–H and O–H groups in total. The first-order valence-electron chi connectivity index (χ1n) is 5.35. The van der Waals surface area contributed by atoms with E-state index in [0.29, 0.717) is 12.5 Å². The fraction of sp³-hybridized carbons (Fsp3) is 1.00. The van der Waals surface area contributed by atoms with Crippen molar-refractivity contribution in [2.75, 3.05) is 24.3 Å². The summed E-state index contributed by atoms with van der Waals surface area (Å²) in [5, 5.41) is 0. The van der Waals surface area contributed by atoms with Gasteiger partial charge in [0.2, 0.25) is 10.0 Å². The quantitative estimate of drug-likeness (QED) is 0.692. The Hall–Kier alpha value is -0.140. The van der Waals surface area contributed by atoms with E-state index in [4.69, 9.17) is 0 Å². The highest BCUT2D eigenvalue weighted by atomic mass is 32.2.